The number of rotatable bonds is 5. The first kappa shape index (κ1) is 19.6. The summed E-state index contributed by atoms with van der Waals surface area (Å²) in [5.41, 5.74) is -1.52. The van der Waals surface area contributed by atoms with E-state index in [1.807, 2.05) is 0 Å². The monoisotopic (exact) mass is 373 g/mol. The highest BCUT2D eigenvalue weighted by molar-refractivity contribution is 7.92. The summed E-state index contributed by atoms with van der Waals surface area (Å²) in [4.78, 5) is 11.7. The normalized spacial score (nSPS) is 12.3. The summed E-state index contributed by atoms with van der Waals surface area (Å²) in [5.74, 6) is -0.904. The summed E-state index contributed by atoms with van der Waals surface area (Å²) in [6.07, 6.45) is -4.42. The second kappa shape index (κ2) is 6.96. The Bertz CT molecular complexity index is 689. The first-order chi connectivity index (χ1) is 10.3. The van der Waals surface area contributed by atoms with Gasteiger partial charge in [-0.15, -0.1) is 0 Å². The van der Waals surface area contributed by atoms with Gasteiger partial charge in [0, 0.05) is 0 Å². The third-order valence-electron chi connectivity index (χ3n) is 2.58. The molecule has 0 spiro atoms. The van der Waals surface area contributed by atoms with Crippen molar-refractivity contribution >= 4 is 33.3 Å². The fraction of sp³-hybridized carbons (Fsp3) is 0.462. The molecule has 0 bridgehead atoms. The Kier molecular flexibility index (Phi) is 5.92. The average Bonchev–Trinajstić information content (AvgIpc) is 2.33. The Morgan fingerprint density at radius 3 is 2.35 bits per heavy atom. The Morgan fingerprint density at radius 1 is 1.35 bits per heavy atom. The van der Waals surface area contributed by atoms with Gasteiger partial charge in [-0.1, -0.05) is 11.6 Å². The van der Waals surface area contributed by atoms with Gasteiger partial charge in [-0.25, -0.2) is 8.42 Å². The van der Waals surface area contributed by atoms with Crippen LogP contribution in [0, 0.1) is 0 Å². The van der Waals surface area contributed by atoms with Gasteiger partial charge in [0.25, 0.3) is 0 Å². The van der Waals surface area contributed by atoms with Gasteiger partial charge in [0.05, 0.1) is 28.6 Å². The Balaban J connectivity index is 3.31. The zero-order valence-electron chi connectivity index (χ0n) is 12.5. The highest BCUT2D eigenvalue weighted by Crippen LogP contribution is 2.36. The van der Waals surface area contributed by atoms with Crippen molar-refractivity contribution in [3.05, 3.63) is 28.8 Å². The Labute approximate surface area is 137 Å². The van der Waals surface area contributed by atoms with Crippen molar-refractivity contribution in [2.24, 2.45) is 0 Å². The molecular weight excluding hydrogens is 359 g/mol. The highest BCUT2D eigenvalue weighted by Gasteiger charge is 2.33. The molecule has 0 aliphatic carbocycles. The maximum absolute atomic E-state index is 12.8. The largest absolute Gasteiger partial charge is 0.462 e. The van der Waals surface area contributed by atoms with Crippen LogP contribution in [0.5, 0.6) is 0 Å². The number of anilines is 1. The number of ether oxygens (including phenoxy) is 1. The van der Waals surface area contributed by atoms with Crippen LogP contribution >= 0.6 is 11.6 Å². The molecule has 23 heavy (non-hydrogen) atoms. The first-order valence-corrected chi connectivity index (χ1v) is 8.59. The second-order valence-electron chi connectivity index (χ2n) is 4.97. The van der Waals surface area contributed by atoms with Crippen LogP contribution < -0.4 is 4.31 Å². The predicted octanol–water partition coefficient (Wildman–Crippen LogP) is 3.08. The number of halogens is 4. The summed E-state index contributed by atoms with van der Waals surface area (Å²) in [6, 6.07) is 2.22. The lowest BCUT2D eigenvalue weighted by molar-refractivity contribution is -0.145. The molecule has 0 aliphatic rings. The van der Waals surface area contributed by atoms with E-state index in [9.17, 15) is 26.4 Å². The van der Waals surface area contributed by atoms with Crippen LogP contribution in [0.25, 0.3) is 0 Å². The van der Waals surface area contributed by atoms with Crippen molar-refractivity contribution in [3.63, 3.8) is 0 Å². The summed E-state index contributed by atoms with van der Waals surface area (Å²) >= 11 is 5.81. The molecule has 0 atom stereocenters. The molecule has 0 unspecified atom stereocenters. The number of esters is 1. The zero-order chi connectivity index (χ0) is 18.0. The van der Waals surface area contributed by atoms with Gasteiger partial charge in [0.2, 0.25) is 10.0 Å². The second-order valence-corrected chi connectivity index (χ2v) is 7.29. The lowest BCUT2D eigenvalue weighted by atomic mass is 10.2. The van der Waals surface area contributed by atoms with Crippen molar-refractivity contribution < 1.29 is 31.1 Å². The fourth-order valence-electron chi connectivity index (χ4n) is 1.68. The van der Waals surface area contributed by atoms with E-state index in [4.69, 9.17) is 16.3 Å². The summed E-state index contributed by atoms with van der Waals surface area (Å²) in [6.45, 7) is 2.33. The highest BCUT2D eigenvalue weighted by atomic mass is 35.5. The molecule has 10 heteroatoms. The van der Waals surface area contributed by atoms with Gasteiger partial charge < -0.3 is 4.74 Å². The van der Waals surface area contributed by atoms with Crippen LogP contribution in [0.3, 0.4) is 0 Å². The number of alkyl halides is 3. The molecule has 0 aliphatic heterocycles. The number of benzene rings is 1. The SMILES string of the molecule is CC(C)OC(=O)CN(c1cc(C(F)(F)F)ccc1Cl)S(C)(=O)=O. The molecule has 0 radical (unpaired) electrons. The van der Waals surface area contributed by atoms with Gasteiger partial charge in [0.15, 0.2) is 0 Å². The van der Waals surface area contributed by atoms with Crippen LogP contribution in [0.4, 0.5) is 18.9 Å². The third kappa shape index (κ3) is 5.58. The Hall–Kier alpha value is -1.48. The number of sulfonamides is 1. The van der Waals surface area contributed by atoms with Gasteiger partial charge >= 0.3 is 12.1 Å². The topological polar surface area (TPSA) is 63.7 Å². The van der Waals surface area contributed by atoms with Crippen molar-refractivity contribution in [2.75, 3.05) is 17.1 Å². The van der Waals surface area contributed by atoms with E-state index >= 15 is 0 Å². The molecule has 130 valence electrons. The van der Waals surface area contributed by atoms with Gasteiger partial charge in [-0.3, -0.25) is 9.10 Å². The minimum atomic E-state index is -4.68. The van der Waals surface area contributed by atoms with E-state index in [0.29, 0.717) is 10.4 Å². The minimum Gasteiger partial charge on any atom is -0.462 e. The number of hydrogen-bond donors (Lipinski definition) is 0. The summed E-state index contributed by atoms with van der Waals surface area (Å²) in [7, 11) is -4.05. The van der Waals surface area contributed by atoms with Crippen LogP contribution in [-0.4, -0.2) is 33.3 Å². The van der Waals surface area contributed by atoms with Gasteiger partial charge in [-0.2, -0.15) is 13.2 Å². The lowest BCUT2D eigenvalue weighted by Crippen LogP contribution is -2.36. The van der Waals surface area contributed by atoms with E-state index < -0.39 is 46.1 Å². The molecule has 0 saturated carbocycles. The van der Waals surface area contributed by atoms with Crippen LogP contribution in [-0.2, 0) is 25.7 Å². The molecule has 0 amide bonds. The molecule has 1 rings (SSSR count). The van der Waals surface area contributed by atoms with Crippen LogP contribution in [0.1, 0.15) is 19.4 Å². The van der Waals surface area contributed by atoms with E-state index in [2.05, 4.69) is 0 Å². The van der Waals surface area contributed by atoms with Crippen LogP contribution in [0.2, 0.25) is 5.02 Å². The van der Waals surface area contributed by atoms with E-state index in [-0.39, 0.29) is 5.02 Å². The van der Waals surface area contributed by atoms with Crippen molar-refractivity contribution in [1.29, 1.82) is 0 Å². The smallest absolute Gasteiger partial charge is 0.416 e. The summed E-state index contributed by atoms with van der Waals surface area (Å²) < 4.78 is 67.4. The molecule has 0 heterocycles. The first-order valence-electron chi connectivity index (χ1n) is 6.36. The maximum Gasteiger partial charge on any atom is 0.416 e. The average molecular weight is 374 g/mol. The standard InChI is InChI=1S/C13H15ClF3NO4S/c1-8(2)22-12(19)7-18(23(3,20)21)11-6-9(13(15,16)17)4-5-10(11)14/h4-6,8H,7H2,1-3H3. The fourth-order valence-corrected chi connectivity index (χ4v) is 2.80. The number of carbonyl (C=O) groups is 1. The van der Waals surface area contributed by atoms with Gasteiger partial charge in [0.1, 0.15) is 6.54 Å². The number of carbonyl (C=O) groups excluding carboxylic acids is 1. The predicted molar refractivity (Wildman–Crippen MR) is 79.9 cm³/mol. The minimum absolute atomic E-state index is 0.235. The molecule has 1 aromatic rings. The van der Waals surface area contributed by atoms with E-state index in [1.165, 1.54) is 0 Å². The number of hydrogen-bond acceptors (Lipinski definition) is 4. The van der Waals surface area contributed by atoms with Gasteiger partial charge in [-0.05, 0) is 32.0 Å². The molecule has 5 nitrogen and oxygen atoms in total. The molecule has 0 fully saturated rings. The van der Waals surface area contributed by atoms with E-state index in [0.717, 1.165) is 18.4 Å². The Morgan fingerprint density at radius 2 is 1.91 bits per heavy atom. The third-order valence-corrected chi connectivity index (χ3v) is 4.03. The zero-order valence-corrected chi connectivity index (χ0v) is 14.1. The maximum atomic E-state index is 12.8. The summed E-state index contributed by atoms with van der Waals surface area (Å²) in [5, 5.41) is -0.235. The molecule has 0 aromatic heterocycles. The van der Waals surface area contributed by atoms with Crippen molar-refractivity contribution in [3.8, 4) is 0 Å². The van der Waals surface area contributed by atoms with Crippen molar-refractivity contribution in [1.82, 2.24) is 0 Å². The molecule has 0 saturated heterocycles. The lowest BCUT2D eigenvalue weighted by Gasteiger charge is -2.24. The van der Waals surface area contributed by atoms with Crippen LogP contribution in [0.15, 0.2) is 18.2 Å². The quantitative estimate of drug-likeness (QED) is 0.744. The van der Waals surface area contributed by atoms with E-state index in [1.54, 1.807) is 13.8 Å². The molecular formula is C13H15ClF3NO4S. The number of nitrogens with zero attached hydrogens (tertiary/aromatic N) is 1. The molecule has 1 aromatic carbocycles. The molecule has 0 N–H and O–H groups in total. The van der Waals surface area contributed by atoms with Crippen molar-refractivity contribution in [2.45, 2.75) is 26.1 Å².